The molecular formula is C26H26FN5O4. The van der Waals surface area contributed by atoms with Crippen LogP contribution in [0.1, 0.15) is 11.6 Å². The molecule has 4 rings (SSSR count). The van der Waals surface area contributed by atoms with Gasteiger partial charge in [-0.3, -0.25) is 14.5 Å². The minimum Gasteiger partial charge on any atom is -0.495 e. The normalized spacial score (nSPS) is 11.8. The lowest BCUT2D eigenvalue weighted by atomic mass is 10.0. The second-order valence-corrected chi connectivity index (χ2v) is 7.88. The predicted molar refractivity (Wildman–Crippen MR) is 132 cm³/mol. The highest BCUT2D eigenvalue weighted by molar-refractivity contribution is 6.02. The topological polar surface area (TPSA) is 98.6 Å². The van der Waals surface area contributed by atoms with Crippen molar-refractivity contribution in [3.8, 4) is 5.75 Å². The molecule has 1 aromatic heterocycles. The standard InChI is InChI=1S/C26H26FN5O4/c1-35-16-15-28-26(34)25(18-9-3-4-10-19(18)27)32(22-13-7-8-14-23(22)36-2)24(33)17-31-21-12-6-5-11-20(21)29-30-31/h3-14,25H,15-17H2,1-2H3,(H,28,34). The zero-order chi connectivity index (χ0) is 25.5. The number of hydrogen-bond donors (Lipinski definition) is 1. The van der Waals surface area contributed by atoms with Crippen molar-refractivity contribution >= 4 is 28.5 Å². The maximum absolute atomic E-state index is 15.1. The number of para-hydroxylation sites is 3. The van der Waals surface area contributed by atoms with E-state index in [1.165, 1.54) is 42.0 Å². The monoisotopic (exact) mass is 491 g/mol. The first-order valence-electron chi connectivity index (χ1n) is 11.3. The van der Waals surface area contributed by atoms with Crippen LogP contribution in [0.25, 0.3) is 11.0 Å². The summed E-state index contributed by atoms with van der Waals surface area (Å²) in [5.74, 6) is -1.35. The molecule has 1 unspecified atom stereocenters. The van der Waals surface area contributed by atoms with Gasteiger partial charge in [-0.15, -0.1) is 5.10 Å². The smallest absolute Gasteiger partial charge is 0.249 e. The summed E-state index contributed by atoms with van der Waals surface area (Å²) in [6, 6.07) is 18.5. The number of fused-ring (bicyclic) bond motifs is 1. The third kappa shape index (κ3) is 5.18. The van der Waals surface area contributed by atoms with Crippen molar-refractivity contribution in [1.29, 1.82) is 0 Å². The van der Waals surface area contributed by atoms with Gasteiger partial charge in [-0.1, -0.05) is 47.7 Å². The van der Waals surface area contributed by atoms with Crippen molar-refractivity contribution in [2.75, 3.05) is 32.3 Å². The average Bonchev–Trinajstić information content (AvgIpc) is 3.30. The van der Waals surface area contributed by atoms with E-state index in [4.69, 9.17) is 9.47 Å². The van der Waals surface area contributed by atoms with Crippen molar-refractivity contribution < 1.29 is 23.5 Å². The molecule has 0 aliphatic rings. The Morgan fingerprint density at radius 1 is 1.03 bits per heavy atom. The fraction of sp³-hybridized carbons (Fsp3) is 0.231. The molecule has 2 amide bonds. The summed E-state index contributed by atoms with van der Waals surface area (Å²) in [4.78, 5) is 28.7. The second kappa shape index (κ2) is 11.4. The van der Waals surface area contributed by atoms with Crippen molar-refractivity contribution in [2.45, 2.75) is 12.6 Å². The van der Waals surface area contributed by atoms with Crippen molar-refractivity contribution in [2.24, 2.45) is 0 Å². The third-order valence-corrected chi connectivity index (χ3v) is 5.63. The number of carbonyl (C=O) groups excluding carboxylic acids is 2. The Kier molecular flexibility index (Phi) is 7.86. The van der Waals surface area contributed by atoms with Gasteiger partial charge in [-0.25, -0.2) is 9.07 Å². The number of ether oxygens (including phenoxy) is 2. The molecule has 1 atom stereocenters. The van der Waals surface area contributed by atoms with Crippen molar-refractivity contribution in [3.63, 3.8) is 0 Å². The Morgan fingerprint density at radius 2 is 1.75 bits per heavy atom. The Bertz CT molecular complexity index is 1360. The number of nitrogens with zero attached hydrogens (tertiary/aromatic N) is 4. The van der Waals surface area contributed by atoms with Crippen LogP contribution in [0.15, 0.2) is 72.8 Å². The molecular weight excluding hydrogens is 465 g/mol. The minimum atomic E-state index is -1.33. The second-order valence-electron chi connectivity index (χ2n) is 7.88. The zero-order valence-corrected chi connectivity index (χ0v) is 19.9. The van der Waals surface area contributed by atoms with Crippen LogP contribution in [-0.2, 0) is 20.9 Å². The maximum Gasteiger partial charge on any atom is 0.249 e. The number of benzene rings is 3. The summed E-state index contributed by atoms with van der Waals surface area (Å²) >= 11 is 0. The van der Waals surface area contributed by atoms with E-state index >= 15 is 4.39 Å². The van der Waals surface area contributed by atoms with E-state index in [0.717, 1.165) is 0 Å². The number of anilines is 1. The van der Waals surface area contributed by atoms with Crippen LogP contribution in [-0.4, -0.2) is 54.2 Å². The number of methoxy groups -OCH3 is 2. The van der Waals surface area contributed by atoms with E-state index in [0.29, 0.717) is 22.5 Å². The van der Waals surface area contributed by atoms with Gasteiger partial charge in [-0.2, -0.15) is 0 Å². The third-order valence-electron chi connectivity index (χ3n) is 5.63. The Morgan fingerprint density at radius 3 is 2.53 bits per heavy atom. The summed E-state index contributed by atoms with van der Waals surface area (Å²) in [5, 5.41) is 11.0. The molecule has 3 aromatic carbocycles. The minimum absolute atomic E-state index is 0.0371. The number of aromatic nitrogens is 3. The molecule has 4 aromatic rings. The fourth-order valence-corrected chi connectivity index (χ4v) is 3.95. The van der Waals surface area contributed by atoms with Crippen LogP contribution in [0, 0.1) is 5.82 Å². The van der Waals surface area contributed by atoms with Crippen LogP contribution in [0.5, 0.6) is 5.75 Å². The fourth-order valence-electron chi connectivity index (χ4n) is 3.95. The van der Waals surface area contributed by atoms with E-state index in [-0.39, 0.29) is 25.3 Å². The number of halogens is 1. The van der Waals surface area contributed by atoms with Gasteiger partial charge >= 0.3 is 0 Å². The van der Waals surface area contributed by atoms with Gasteiger partial charge in [0.05, 0.1) is 24.9 Å². The largest absolute Gasteiger partial charge is 0.495 e. The lowest BCUT2D eigenvalue weighted by molar-refractivity contribution is -0.127. The molecule has 10 heteroatoms. The first kappa shape index (κ1) is 24.8. The number of hydrogen-bond acceptors (Lipinski definition) is 6. The van der Waals surface area contributed by atoms with Gasteiger partial charge in [0.25, 0.3) is 0 Å². The summed E-state index contributed by atoms with van der Waals surface area (Å²) in [7, 11) is 2.97. The van der Waals surface area contributed by atoms with Crippen molar-refractivity contribution in [3.05, 3.63) is 84.2 Å². The Hall–Kier alpha value is -4.31. The van der Waals surface area contributed by atoms with E-state index < -0.39 is 23.7 Å². The molecule has 186 valence electrons. The number of nitrogens with one attached hydrogen (secondary N) is 1. The van der Waals surface area contributed by atoms with Gasteiger partial charge in [0.2, 0.25) is 11.8 Å². The lowest BCUT2D eigenvalue weighted by Gasteiger charge is -2.32. The highest BCUT2D eigenvalue weighted by Gasteiger charge is 2.36. The van der Waals surface area contributed by atoms with Gasteiger partial charge in [0.1, 0.15) is 29.7 Å². The SMILES string of the molecule is COCCNC(=O)C(c1ccccc1F)N(C(=O)Cn1nnc2ccccc21)c1ccccc1OC. The molecule has 1 heterocycles. The number of carbonyl (C=O) groups is 2. The highest BCUT2D eigenvalue weighted by Crippen LogP contribution is 2.36. The Balaban J connectivity index is 1.83. The van der Waals surface area contributed by atoms with Gasteiger partial charge in [0.15, 0.2) is 0 Å². The van der Waals surface area contributed by atoms with Crippen LogP contribution in [0.2, 0.25) is 0 Å². The summed E-state index contributed by atoms with van der Waals surface area (Å²) in [5.41, 5.74) is 1.62. The Labute approximate surface area is 207 Å². The number of amides is 2. The van der Waals surface area contributed by atoms with E-state index in [1.807, 2.05) is 12.1 Å². The predicted octanol–water partition coefficient (Wildman–Crippen LogP) is 3.12. The first-order valence-corrected chi connectivity index (χ1v) is 11.3. The molecule has 0 bridgehead atoms. The zero-order valence-electron chi connectivity index (χ0n) is 19.9. The van der Waals surface area contributed by atoms with Crippen LogP contribution < -0.4 is 15.0 Å². The highest BCUT2D eigenvalue weighted by atomic mass is 19.1. The van der Waals surface area contributed by atoms with Gasteiger partial charge in [0, 0.05) is 19.2 Å². The molecule has 0 spiro atoms. The van der Waals surface area contributed by atoms with Crippen molar-refractivity contribution in [1.82, 2.24) is 20.3 Å². The summed E-state index contributed by atoms with van der Waals surface area (Å²) in [6.45, 7) is 0.195. The molecule has 0 aliphatic heterocycles. The molecule has 36 heavy (non-hydrogen) atoms. The van der Waals surface area contributed by atoms with Crippen LogP contribution >= 0.6 is 0 Å². The van der Waals surface area contributed by atoms with Crippen LogP contribution in [0.3, 0.4) is 0 Å². The summed E-state index contributed by atoms with van der Waals surface area (Å²) in [6.07, 6.45) is 0. The van der Waals surface area contributed by atoms with Crippen LogP contribution in [0.4, 0.5) is 10.1 Å². The molecule has 0 aliphatic carbocycles. The average molecular weight is 492 g/mol. The van der Waals surface area contributed by atoms with E-state index in [2.05, 4.69) is 15.6 Å². The summed E-state index contributed by atoms with van der Waals surface area (Å²) < 4.78 is 27.1. The van der Waals surface area contributed by atoms with Gasteiger partial charge in [-0.05, 0) is 30.3 Å². The molecule has 0 saturated carbocycles. The maximum atomic E-state index is 15.1. The molecule has 1 N–H and O–H groups in total. The van der Waals surface area contributed by atoms with Gasteiger partial charge < -0.3 is 14.8 Å². The lowest BCUT2D eigenvalue weighted by Crippen LogP contribution is -2.46. The number of rotatable bonds is 10. The molecule has 0 radical (unpaired) electrons. The molecule has 0 fully saturated rings. The van der Waals surface area contributed by atoms with E-state index in [1.54, 1.807) is 42.5 Å². The molecule has 9 nitrogen and oxygen atoms in total. The molecule has 0 saturated heterocycles. The first-order chi connectivity index (χ1) is 17.5. The van der Waals surface area contributed by atoms with E-state index in [9.17, 15) is 9.59 Å². The quantitative estimate of drug-likeness (QED) is 0.342.